The zero-order valence-electron chi connectivity index (χ0n) is 8.36. The van der Waals surface area contributed by atoms with Crippen molar-refractivity contribution < 1.29 is 9.53 Å². The number of methoxy groups -OCH3 is 1. The minimum Gasteiger partial charge on any atom is -0.468 e. The molecule has 0 aliphatic rings. The molecule has 0 amide bonds. The molecule has 0 aromatic carbocycles. The number of nitrogens with one attached hydrogen (secondary N) is 1. The van der Waals surface area contributed by atoms with E-state index in [1.807, 2.05) is 12.1 Å². The second-order valence-corrected chi connectivity index (χ2v) is 2.99. The Hall–Kier alpha value is -1.42. The number of ether oxygens (including phenoxy) is 1. The SMILES string of the molecule is COC(=O)[C@@H](C)NCc1cccnc1. The van der Waals surface area contributed by atoms with Crippen LogP contribution < -0.4 is 5.32 Å². The zero-order chi connectivity index (χ0) is 10.4. The van der Waals surface area contributed by atoms with Crippen LogP contribution in [0.4, 0.5) is 0 Å². The molecule has 14 heavy (non-hydrogen) atoms. The van der Waals surface area contributed by atoms with Crippen LogP contribution >= 0.6 is 0 Å². The van der Waals surface area contributed by atoms with Gasteiger partial charge in [-0.2, -0.15) is 0 Å². The summed E-state index contributed by atoms with van der Waals surface area (Å²) in [7, 11) is 1.38. The third-order valence-corrected chi connectivity index (χ3v) is 1.89. The summed E-state index contributed by atoms with van der Waals surface area (Å²) in [6, 6.07) is 3.52. The van der Waals surface area contributed by atoms with E-state index in [1.54, 1.807) is 19.3 Å². The van der Waals surface area contributed by atoms with E-state index in [4.69, 9.17) is 0 Å². The highest BCUT2D eigenvalue weighted by Gasteiger charge is 2.11. The summed E-state index contributed by atoms with van der Waals surface area (Å²) in [6.45, 7) is 2.38. The second-order valence-electron chi connectivity index (χ2n) is 2.99. The predicted octanol–water partition coefficient (Wildman–Crippen LogP) is 0.733. The topological polar surface area (TPSA) is 51.2 Å². The van der Waals surface area contributed by atoms with Crippen LogP contribution in [0, 0.1) is 0 Å². The highest BCUT2D eigenvalue weighted by Crippen LogP contribution is 1.96. The van der Waals surface area contributed by atoms with Crippen LogP contribution in [0.2, 0.25) is 0 Å². The number of nitrogens with zero attached hydrogens (tertiary/aromatic N) is 1. The minimum absolute atomic E-state index is 0.256. The summed E-state index contributed by atoms with van der Waals surface area (Å²) < 4.78 is 4.58. The lowest BCUT2D eigenvalue weighted by Gasteiger charge is -2.10. The number of hydrogen-bond acceptors (Lipinski definition) is 4. The quantitative estimate of drug-likeness (QED) is 0.718. The number of hydrogen-bond donors (Lipinski definition) is 1. The first-order chi connectivity index (χ1) is 6.74. The molecule has 4 nitrogen and oxygen atoms in total. The molecule has 0 saturated heterocycles. The highest BCUT2D eigenvalue weighted by atomic mass is 16.5. The van der Waals surface area contributed by atoms with Gasteiger partial charge in [-0.15, -0.1) is 0 Å². The summed E-state index contributed by atoms with van der Waals surface area (Å²) >= 11 is 0. The lowest BCUT2D eigenvalue weighted by atomic mass is 10.2. The van der Waals surface area contributed by atoms with Crippen LogP contribution in [-0.2, 0) is 16.1 Å². The maximum absolute atomic E-state index is 11.0. The van der Waals surface area contributed by atoms with E-state index in [2.05, 4.69) is 15.0 Å². The number of rotatable bonds is 4. The van der Waals surface area contributed by atoms with Gasteiger partial charge in [0.25, 0.3) is 0 Å². The van der Waals surface area contributed by atoms with Crippen molar-refractivity contribution >= 4 is 5.97 Å². The van der Waals surface area contributed by atoms with E-state index in [0.29, 0.717) is 6.54 Å². The van der Waals surface area contributed by atoms with Crippen LogP contribution in [0.25, 0.3) is 0 Å². The van der Waals surface area contributed by atoms with Crippen LogP contribution in [0.1, 0.15) is 12.5 Å². The molecule has 0 unspecified atom stereocenters. The van der Waals surface area contributed by atoms with Gasteiger partial charge in [0.2, 0.25) is 0 Å². The summed E-state index contributed by atoms with van der Waals surface area (Å²) in [5, 5.41) is 3.04. The molecule has 1 atom stereocenters. The largest absolute Gasteiger partial charge is 0.468 e. The molecule has 0 fully saturated rings. The number of pyridine rings is 1. The monoisotopic (exact) mass is 194 g/mol. The van der Waals surface area contributed by atoms with E-state index in [1.165, 1.54) is 7.11 Å². The summed E-state index contributed by atoms with van der Waals surface area (Å²) in [4.78, 5) is 15.0. The molecule has 1 heterocycles. The third kappa shape index (κ3) is 3.14. The maximum atomic E-state index is 11.0. The van der Waals surface area contributed by atoms with Gasteiger partial charge in [0.15, 0.2) is 0 Å². The maximum Gasteiger partial charge on any atom is 0.322 e. The van der Waals surface area contributed by atoms with Crippen molar-refractivity contribution in [3.63, 3.8) is 0 Å². The van der Waals surface area contributed by atoms with Crippen LogP contribution in [0.15, 0.2) is 24.5 Å². The molecule has 1 aromatic rings. The number of carbonyl (C=O) groups excluding carboxylic acids is 1. The molecule has 4 heteroatoms. The number of carbonyl (C=O) groups is 1. The van der Waals surface area contributed by atoms with Gasteiger partial charge in [-0.05, 0) is 18.6 Å². The molecular weight excluding hydrogens is 180 g/mol. The molecule has 0 aliphatic heterocycles. The molecule has 0 saturated carbocycles. The number of aromatic nitrogens is 1. The first-order valence-electron chi connectivity index (χ1n) is 4.44. The van der Waals surface area contributed by atoms with Crippen LogP contribution in [0.3, 0.4) is 0 Å². The van der Waals surface area contributed by atoms with Gasteiger partial charge in [-0.1, -0.05) is 6.07 Å². The van der Waals surface area contributed by atoms with Crippen LogP contribution in [-0.4, -0.2) is 24.1 Å². The van der Waals surface area contributed by atoms with E-state index in [0.717, 1.165) is 5.56 Å². The van der Waals surface area contributed by atoms with Crippen molar-refractivity contribution in [1.29, 1.82) is 0 Å². The lowest BCUT2D eigenvalue weighted by molar-refractivity contribution is -0.142. The second kappa shape index (κ2) is 5.34. The third-order valence-electron chi connectivity index (χ3n) is 1.89. The Morgan fingerprint density at radius 1 is 1.71 bits per heavy atom. The summed E-state index contributed by atoms with van der Waals surface area (Å²) in [6.07, 6.45) is 3.48. The molecule has 0 radical (unpaired) electrons. The Morgan fingerprint density at radius 2 is 2.50 bits per heavy atom. The first kappa shape index (κ1) is 10.7. The average molecular weight is 194 g/mol. The Kier molecular flexibility index (Phi) is 4.07. The van der Waals surface area contributed by atoms with Crippen molar-refractivity contribution in [3.05, 3.63) is 30.1 Å². The highest BCUT2D eigenvalue weighted by molar-refractivity contribution is 5.75. The molecule has 0 bridgehead atoms. The van der Waals surface area contributed by atoms with Crippen molar-refractivity contribution in [2.24, 2.45) is 0 Å². The zero-order valence-corrected chi connectivity index (χ0v) is 8.36. The average Bonchev–Trinajstić information content (AvgIpc) is 2.26. The van der Waals surface area contributed by atoms with Gasteiger partial charge in [0.05, 0.1) is 7.11 Å². The molecule has 0 spiro atoms. The molecule has 1 aromatic heterocycles. The van der Waals surface area contributed by atoms with Gasteiger partial charge in [0.1, 0.15) is 6.04 Å². The van der Waals surface area contributed by atoms with Gasteiger partial charge < -0.3 is 10.1 Å². The predicted molar refractivity (Wildman–Crippen MR) is 52.6 cm³/mol. The summed E-state index contributed by atoms with van der Waals surface area (Å²) in [5.41, 5.74) is 1.04. The minimum atomic E-state index is -0.291. The molecule has 1 rings (SSSR count). The normalized spacial score (nSPS) is 12.1. The van der Waals surface area contributed by atoms with E-state index in [-0.39, 0.29) is 12.0 Å². The molecule has 1 N–H and O–H groups in total. The number of esters is 1. The summed E-state index contributed by atoms with van der Waals surface area (Å²) in [5.74, 6) is -0.256. The van der Waals surface area contributed by atoms with Gasteiger partial charge in [-0.25, -0.2) is 0 Å². The Balaban J connectivity index is 2.38. The van der Waals surface area contributed by atoms with E-state index < -0.39 is 0 Å². The first-order valence-corrected chi connectivity index (χ1v) is 4.44. The molecular formula is C10H14N2O2. The fraction of sp³-hybridized carbons (Fsp3) is 0.400. The fourth-order valence-electron chi connectivity index (χ4n) is 1.03. The Labute approximate surface area is 83.3 Å². The standard InChI is InChI=1S/C10H14N2O2/c1-8(10(13)14-2)12-7-9-4-3-5-11-6-9/h3-6,8,12H,7H2,1-2H3/t8-/m1/s1. The van der Waals surface area contributed by atoms with Gasteiger partial charge in [0, 0.05) is 18.9 Å². The molecule has 0 aliphatic carbocycles. The van der Waals surface area contributed by atoms with Crippen molar-refractivity contribution in [2.45, 2.75) is 19.5 Å². The van der Waals surface area contributed by atoms with Crippen molar-refractivity contribution in [2.75, 3.05) is 7.11 Å². The van der Waals surface area contributed by atoms with Crippen molar-refractivity contribution in [1.82, 2.24) is 10.3 Å². The fourth-order valence-corrected chi connectivity index (χ4v) is 1.03. The Morgan fingerprint density at radius 3 is 3.07 bits per heavy atom. The smallest absolute Gasteiger partial charge is 0.322 e. The lowest BCUT2D eigenvalue weighted by Crippen LogP contribution is -2.34. The van der Waals surface area contributed by atoms with E-state index >= 15 is 0 Å². The van der Waals surface area contributed by atoms with Gasteiger partial charge >= 0.3 is 5.97 Å². The van der Waals surface area contributed by atoms with Crippen LogP contribution in [0.5, 0.6) is 0 Å². The van der Waals surface area contributed by atoms with E-state index in [9.17, 15) is 4.79 Å². The molecule has 76 valence electrons. The van der Waals surface area contributed by atoms with Crippen molar-refractivity contribution in [3.8, 4) is 0 Å². The Bertz CT molecular complexity index is 287. The van der Waals surface area contributed by atoms with Gasteiger partial charge in [-0.3, -0.25) is 9.78 Å².